The lowest BCUT2D eigenvalue weighted by atomic mass is 10.0. The molecule has 0 saturated carbocycles. The van der Waals surface area contributed by atoms with E-state index in [1.54, 1.807) is 26.1 Å². The first-order valence-corrected chi connectivity index (χ1v) is 10.2. The Morgan fingerprint density at radius 2 is 1.75 bits per heavy atom. The van der Waals surface area contributed by atoms with Gasteiger partial charge in [0, 0.05) is 26.2 Å². The van der Waals surface area contributed by atoms with Gasteiger partial charge in [0.1, 0.15) is 6.61 Å². The number of amides is 1. The fourth-order valence-electron chi connectivity index (χ4n) is 2.77. The van der Waals surface area contributed by atoms with E-state index in [1.807, 2.05) is 12.1 Å². The summed E-state index contributed by atoms with van der Waals surface area (Å²) in [7, 11) is 1.65. The number of hydrogen-bond acceptors (Lipinski definition) is 4. The molecule has 0 fully saturated rings. The SMILES string of the molecule is CCOC(=O)NC(CNC(=NC)NCc1ccc(COCC(F)(F)F)cc1)CC(C)C.I. The Kier molecular flexibility index (Phi) is 15.1. The van der Waals surface area contributed by atoms with Gasteiger partial charge in [-0.15, -0.1) is 24.0 Å². The topological polar surface area (TPSA) is 84.0 Å². The third-order valence-corrected chi connectivity index (χ3v) is 4.11. The normalized spacial score (nSPS) is 12.7. The number of ether oxygens (including phenoxy) is 2. The molecule has 11 heteroatoms. The molecule has 0 aromatic heterocycles. The van der Waals surface area contributed by atoms with Crippen LogP contribution in [0.4, 0.5) is 18.0 Å². The number of alkyl carbamates (subject to hydrolysis) is 1. The van der Waals surface area contributed by atoms with Gasteiger partial charge < -0.3 is 25.4 Å². The Morgan fingerprint density at radius 3 is 2.28 bits per heavy atom. The highest BCUT2D eigenvalue weighted by Gasteiger charge is 2.27. The van der Waals surface area contributed by atoms with Crippen molar-refractivity contribution in [2.75, 3.05) is 26.8 Å². The number of rotatable bonds is 11. The number of benzene rings is 1. The third-order valence-electron chi connectivity index (χ3n) is 4.11. The predicted octanol–water partition coefficient (Wildman–Crippen LogP) is 4.21. The van der Waals surface area contributed by atoms with E-state index in [4.69, 9.17) is 4.74 Å². The van der Waals surface area contributed by atoms with Gasteiger partial charge in [0.25, 0.3) is 0 Å². The molecule has 1 atom stereocenters. The van der Waals surface area contributed by atoms with E-state index in [1.165, 1.54) is 0 Å². The zero-order valence-electron chi connectivity index (χ0n) is 18.9. The second-order valence-electron chi connectivity index (χ2n) is 7.42. The maximum Gasteiger partial charge on any atom is 0.411 e. The highest BCUT2D eigenvalue weighted by atomic mass is 127. The van der Waals surface area contributed by atoms with Crippen LogP contribution in [0, 0.1) is 5.92 Å². The Balaban J connectivity index is 0.00000961. The van der Waals surface area contributed by atoms with Gasteiger partial charge in [0.2, 0.25) is 0 Å². The summed E-state index contributed by atoms with van der Waals surface area (Å²) < 4.78 is 46.0. The Labute approximate surface area is 204 Å². The van der Waals surface area contributed by atoms with Crippen LogP contribution in [-0.2, 0) is 22.6 Å². The number of nitrogens with one attached hydrogen (secondary N) is 3. The summed E-state index contributed by atoms with van der Waals surface area (Å²) in [6.45, 7) is 5.81. The fraction of sp³-hybridized carbons (Fsp3) is 0.619. The molecule has 0 aliphatic heterocycles. The van der Waals surface area contributed by atoms with Crippen molar-refractivity contribution in [3.05, 3.63) is 35.4 Å². The number of alkyl halides is 3. The number of nitrogens with zero attached hydrogens (tertiary/aromatic N) is 1. The van der Waals surface area contributed by atoms with Gasteiger partial charge in [-0.25, -0.2) is 4.79 Å². The average Bonchev–Trinajstić information content (AvgIpc) is 2.67. The van der Waals surface area contributed by atoms with E-state index >= 15 is 0 Å². The maximum absolute atomic E-state index is 12.1. The molecule has 184 valence electrons. The monoisotopic (exact) mass is 574 g/mol. The van der Waals surface area contributed by atoms with E-state index in [-0.39, 0.29) is 36.6 Å². The highest BCUT2D eigenvalue weighted by Crippen LogP contribution is 2.15. The van der Waals surface area contributed by atoms with Crippen LogP contribution < -0.4 is 16.0 Å². The quantitative estimate of drug-likeness (QED) is 0.210. The number of carbonyl (C=O) groups excluding carboxylic acids is 1. The number of aliphatic imine (C=N–C) groups is 1. The molecule has 0 saturated heterocycles. The Morgan fingerprint density at radius 1 is 1.12 bits per heavy atom. The van der Waals surface area contributed by atoms with Crippen LogP contribution in [-0.4, -0.2) is 51.1 Å². The summed E-state index contributed by atoms with van der Waals surface area (Å²) in [4.78, 5) is 15.9. The molecule has 1 aromatic rings. The van der Waals surface area contributed by atoms with Crippen molar-refractivity contribution in [3.63, 3.8) is 0 Å². The molecule has 0 heterocycles. The molecular weight excluding hydrogens is 540 g/mol. The van der Waals surface area contributed by atoms with E-state index in [9.17, 15) is 18.0 Å². The first-order chi connectivity index (χ1) is 14.6. The lowest BCUT2D eigenvalue weighted by Crippen LogP contribution is -2.47. The minimum atomic E-state index is -4.33. The van der Waals surface area contributed by atoms with Crippen molar-refractivity contribution in [1.29, 1.82) is 0 Å². The van der Waals surface area contributed by atoms with Crippen LogP contribution in [0.1, 0.15) is 38.3 Å². The molecule has 32 heavy (non-hydrogen) atoms. The second-order valence-corrected chi connectivity index (χ2v) is 7.42. The molecule has 0 radical (unpaired) electrons. The third kappa shape index (κ3) is 14.3. The summed E-state index contributed by atoms with van der Waals surface area (Å²) in [5.74, 6) is 0.958. The zero-order chi connectivity index (χ0) is 23.3. The van der Waals surface area contributed by atoms with Gasteiger partial charge >= 0.3 is 12.3 Å². The van der Waals surface area contributed by atoms with Crippen molar-refractivity contribution in [2.24, 2.45) is 10.9 Å². The summed E-state index contributed by atoms with van der Waals surface area (Å²) in [5.41, 5.74) is 1.60. The largest absolute Gasteiger partial charge is 0.450 e. The standard InChI is InChI=1S/C21H33F3N4O3.HI/c1-5-31-20(29)28-18(10-15(2)3)12-27-19(25-4)26-11-16-6-8-17(9-7-16)13-30-14-21(22,23)24;/h6-9,15,18H,5,10-14H2,1-4H3,(H,28,29)(H2,25,26,27);1H. The van der Waals surface area contributed by atoms with Crippen LogP contribution >= 0.6 is 24.0 Å². The van der Waals surface area contributed by atoms with Gasteiger partial charge in [0.05, 0.1) is 13.2 Å². The Bertz CT molecular complexity index is 686. The van der Waals surface area contributed by atoms with Crippen LogP contribution in [0.2, 0.25) is 0 Å². The number of hydrogen-bond donors (Lipinski definition) is 3. The van der Waals surface area contributed by atoms with Gasteiger partial charge in [-0.05, 0) is 30.4 Å². The molecule has 0 spiro atoms. The molecule has 1 rings (SSSR count). The number of guanidine groups is 1. The molecule has 0 aliphatic rings. The lowest BCUT2D eigenvalue weighted by molar-refractivity contribution is -0.176. The Hall–Kier alpha value is -1.76. The van der Waals surface area contributed by atoms with Crippen LogP contribution in [0.3, 0.4) is 0 Å². The van der Waals surface area contributed by atoms with Crippen molar-refractivity contribution < 1.29 is 27.4 Å². The minimum absolute atomic E-state index is 0. The number of halogens is 4. The predicted molar refractivity (Wildman–Crippen MR) is 129 cm³/mol. The lowest BCUT2D eigenvalue weighted by Gasteiger charge is -2.22. The van der Waals surface area contributed by atoms with Crippen molar-refractivity contribution in [2.45, 2.75) is 52.6 Å². The molecule has 3 N–H and O–H groups in total. The first kappa shape index (κ1) is 30.2. The maximum atomic E-state index is 12.1. The number of carbonyl (C=O) groups is 1. The van der Waals surface area contributed by atoms with Crippen molar-refractivity contribution in [3.8, 4) is 0 Å². The highest BCUT2D eigenvalue weighted by molar-refractivity contribution is 14.0. The molecule has 0 aliphatic carbocycles. The molecule has 0 bridgehead atoms. The van der Waals surface area contributed by atoms with Gasteiger partial charge in [-0.2, -0.15) is 13.2 Å². The summed E-state index contributed by atoms with van der Waals surface area (Å²) in [5, 5.41) is 9.20. The smallest absolute Gasteiger partial charge is 0.411 e. The molecule has 7 nitrogen and oxygen atoms in total. The van der Waals surface area contributed by atoms with Crippen LogP contribution in [0.25, 0.3) is 0 Å². The second kappa shape index (κ2) is 15.9. The van der Waals surface area contributed by atoms with Crippen molar-refractivity contribution >= 4 is 36.0 Å². The summed E-state index contributed by atoms with van der Waals surface area (Å²) >= 11 is 0. The zero-order valence-corrected chi connectivity index (χ0v) is 21.3. The average molecular weight is 574 g/mol. The van der Waals surface area contributed by atoms with Crippen LogP contribution in [0.5, 0.6) is 0 Å². The summed E-state index contributed by atoms with van der Waals surface area (Å²) in [6.07, 6.45) is -4.00. The molecule has 1 unspecified atom stereocenters. The van der Waals surface area contributed by atoms with Gasteiger partial charge in [-0.3, -0.25) is 4.99 Å². The fourth-order valence-corrected chi connectivity index (χ4v) is 2.77. The van der Waals surface area contributed by atoms with Crippen LogP contribution in [0.15, 0.2) is 29.3 Å². The first-order valence-electron chi connectivity index (χ1n) is 10.2. The minimum Gasteiger partial charge on any atom is -0.450 e. The molecular formula is C21H34F3IN4O3. The molecule has 1 aromatic carbocycles. The van der Waals surface area contributed by atoms with E-state index < -0.39 is 18.9 Å². The molecule has 1 amide bonds. The van der Waals surface area contributed by atoms with Gasteiger partial charge in [-0.1, -0.05) is 38.1 Å². The van der Waals surface area contributed by atoms with Crippen molar-refractivity contribution in [1.82, 2.24) is 16.0 Å². The van der Waals surface area contributed by atoms with E-state index in [0.717, 1.165) is 12.0 Å². The summed E-state index contributed by atoms with van der Waals surface area (Å²) in [6, 6.07) is 6.97. The van der Waals surface area contributed by atoms with Gasteiger partial charge in [0.15, 0.2) is 5.96 Å². The van der Waals surface area contributed by atoms with E-state index in [0.29, 0.717) is 37.1 Å². The van der Waals surface area contributed by atoms with E-state index in [2.05, 4.69) is 39.5 Å².